The van der Waals surface area contributed by atoms with Crippen molar-refractivity contribution in [3.05, 3.63) is 106 Å². The molecular formula is C30H29FN2O3S. The smallest absolute Gasteiger partial charge is 0.254 e. The van der Waals surface area contributed by atoms with Crippen LogP contribution in [0.4, 0.5) is 4.39 Å². The van der Waals surface area contributed by atoms with Crippen LogP contribution in [0, 0.1) is 5.82 Å². The molecule has 0 saturated heterocycles. The van der Waals surface area contributed by atoms with Gasteiger partial charge in [-0.05, 0) is 70.5 Å². The second kappa shape index (κ2) is 11.2. The lowest BCUT2D eigenvalue weighted by Gasteiger charge is -2.37. The number of rotatable bonds is 8. The standard InChI is InChI=1S/C30H29FN2O3S/c1-36-17-4-15-32(30(35)24-8-7-21-5-2-3-6-23(21)19-24)20-28(34)33-16-13-27-26(14-18-37-27)29(33)22-9-11-25(31)12-10-22/h2-3,5-12,14,18-19,29H,4,13,15-17,20H2,1H3. The molecule has 5 rings (SSSR count). The van der Waals surface area contributed by atoms with Crippen molar-refractivity contribution in [2.24, 2.45) is 0 Å². The number of hydrogen-bond donors (Lipinski definition) is 0. The van der Waals surface area contributed by atoms with E-state index in [2.05, 4.69) is 0 Å². The summed E-state index contributed by atoms with van der Waals surface area (Å²) in [5.41, 5.74) is 2.49. The molecule has 5 nitrogen and oxygen atoms in total. The van der Waals surface area contributed by atoms with Crippen molar-refractivity contribution < 1.29 is 18.7 Å². The van der Waals surface area contributed by atoms with Crippen LogP contribution in [-0.4, -0.2) is 55.0 Å². The van der Waals surface area contributed by atoms with Gasteiger partial charge in [-0.25, -0.2) is 4.39 Å². The van der Waals surface area contributed by atoms with Gasteiger partial charge >= 0.3 is 0 Å². The summed E-state index contributed by atoms with van der Waals surface area (Å²) in [7, 11) is 1.63. The third-order valence-corrected chi connectivity index (χ3v) is 7.85. The largest absolute Gasteiger partial charge is 0.385 e. The van der Waals surface area contributed by atoms with E-state index < -0.39 is 0 Å². The van der Waals surface area contributed by atoms with Gasteiger partial charge in [-0.15, -0.1) is 11.3 Å². The first kappa shape index (κ1) is 25.1. The number of ether oxygens (including phenoxy) is 1. The van der Waals surface area contributed by atoms with Gasteiger partial charge in [0.05, 0.1) is 6.04 Å². The van der Waals surface area contributed by atoms with E-state index in [9.17, 15) is 14.0 Å². The maximum absolute atomic E-state index is 13.8. The summed E-state index contributed by atoms with van der Waals surface area (Å²) in [6, 6.07) is 21.6. The molecule has 1 atom stereocenters. The number of benzene rings is 3. The van der Waals surface area contributed by atoms with E-state index in [0.29, 0.717) is 31.7 Å². The molecule has 1 aliphatic heterocycles. The maximum Gasteiger partial charge on any atom is 0.254 e. The number of fused-ring (bicyclic) bond motifs is 2. The van der Waals surface area contributed by atoms with Gasteiger partial charge in [-0.1, -0.05) is 42.5 Å². The second-order valence-corrected chi connectivity index (χ2v) is 10.2. The van der Waals surface area contributed by atoms with Gasteiger partial charge in [-0.2, -0.15) is 0 Å². The molecule has 2 amide bonds. The number of nitrogens with zero attached hydrogens (tertiary/aromatic N) is 2. The van der Waals surface area contributed by atoms with Crippen LogP contribution in [0.15, 0.2) is 78.2 Å². The van der Waals surface area contributed by atoms with Crippen molar-refractivity contribution in [3.63, 3.8) is 0 Å². The Morgan fingerprint density at radius 2 is 1.84 bits per heavy atom. The molecule has 1 unspecified atom stereocenters. The average molecular weight is 517 g/mol. The lowest BCUT2D eigenvalue weighted by molar-refractivity contribution is -0.134. The Balaban J connectivity index is 1.42. The quantitative estimate of drug-likeness (QED) is 0.283. The van der Waals surface area contributed by atoms with E-state index in [1.165, 1.54) is 17.0 Å². The summed E-state index contributed by atoms with van der Waals surface area (Å²) < 4.78 is 18.9. The van der Waals surface area contributed by atoms with E-state index in [1.807, 2.05) is 58.8 Å². The lowest BCUT2D eigenvalue weighted by atomic mass is 9.93. The molecule has 1 aliphatic rings. The molecule has 4 aromatic rings. The van der Waals surface area contributed by atoms with E-state index >= 15 is 0 Å². The SMILES string of the molecule is COCCCN(CC(=O)N1CCc2sccc2C1c1ccc(F)cc1)C(=O)c1ccc2ccccc2c1. The van der Waals surface area contributed by atoms with Crippen molar-refractivity contribution in [1.29, 1.82) is 0 Å². The highest BCUT2D eigenvalue weighted by atomic mass is 32.1. The van der Waals surface area contributed by atoms with Crippen LogP contribution < -0.4 is 0 Å². The molecule has 190 valence electrons. The van der Waals surface area contributed by atoms with Crippen LogP contribution >= 0.6 is 11.3 Å². The maximum atomic E-state index is 13.8. The number of thiophene rings is 1. The van der Waals surface area contributed by atoms with Crippen molar-refractivity contribution in [2.45, 2.75) is 18.9 Å². The van der Waals surface area contributed by atoms with Crippen LogP contribution in [-0.2, 0) is 16.0 Å². The summed E-state index contributed by atoms with van der Waals surface area (Å²) in [4.78, 5) is 32.1. The molecule has 0 aliphatic carbocycles. The van der Waals surface area contributed by atoms with Crippen molar-refractivity contribution in [2.75, 3.05) is 33.4 Å². The molecule has 0 bridgehead atoms. The molecule has 0 saturated carbocycles. The highest BCUT2D eigenvalue weighted by molar-refractivity contribution is 7.10. The van der Waals surface area contributed by atoms with E-state index in [-0.39, 0.29) is 30.2 Å². The van der Waals surface area contributed by atoms with E-state index in [0.717, 1.165) is 28.3 Å². The molecule has 3 aromatic carbocycles. The zero-order chi connectivity index (χ0) is 25.8. The van der Waals surface area contributed by atoms with Crippen LogP contribution in [0.25, 0.3) is 10.8 Å². The Hall–Kier alpha value is -3.55. The van der Waals surface area contributed by atoms with E-state index in [4.69, 9.17) is 4.74 Å². The van der Waals surface area contributed by atoms with Gasteiger partial charge in [0.2, 0.25) is 5.91 Å². The molecular weight excluding hydrogens is 487 g/mol. The Labute approximate surface area is 220 Å². The molecule has 0 N–H and O–H groups in total. The van der Waals surface area contributed by atoms with Gasteiger partial charge in [0.15, 0.2) is 0 Å². The molecule has 37 heavy (non-hydrogen) atoms. The topological polar surface area (TPSA) is 49.9 Å². The molecule has 1 aromatic heterocycles. The first-order chi connectivity index (χ1) is 18.0. The number of carbonyl (C=O) groups is 2. The molecule has 0 fully saturated rings. The summed E-state index contributed by atoms with van der Waals surface area (Å²) in [6.07, 6.45) is 1.39. The van der Waals surface area contributed by atoms with Crippen molar-refractivity contribution in [1.82, 2.24) is 9.80 Å². The second-order valence-electron chi connectivity index (χ2n) is 9.23. The summed E-state index contributed by atoms with van der Waals surface area (Å²) in [6.45, 7) is 1.41. The molecule has 0 radical (unpaired) electrons. The normalized spacial score (nSPS) is 15.0. The Morgan fingerprint density at radius 1 is 1.05 bits per heavy atom. The lowest BCUT2D eigenvalue weighted by Crippen LogP contribution is -2.47. The Bertz CT molecular complexity index is 1400. The van der Waals surface area contributed by atoms with Crippen LogP contribution in [0.2, 0.25) is 0 Å². The van der Waals surface area contributed by atoms with Crippen LogP contribution in [0.3, 0.4) is 0 Å². The number of hydrogen-bond acceptors (Lipinski definition) is 4. The summed E-state index contributed by atoms with van der Waals surface area (Å²) in [5, 5.41) is 4.08. The van der Waals surface area contributed by atoms with Gasteiger partial charge in [0.25, 0.3) is 5.91 Å². The summed E-state index contributed by atoms with van der Waals surface area (Å²) >= 11 is 1.68. The highest BCUT2D eigenvalue weighted by Gasteiger charge is 2.34. The number of methoxy groups -OCH3 is 1. The number of halogens is 1. The van der Waals surface area contributed by atoms with Gasteiger partial charge < -0.3 is 14.5 Å². The molecule has 0 spiro atoms. The summed E-state index contributed by atoms with van der Waals surface area (Å²) in [5.74, 6) is -0.618. The Kier molecular flexibility index (Phi) is 7.63. The fraction of sp³-hybridized carbons (Fsp3) is 0.267. The zero-order valence-electron chi connectivity index (χ0n) is 20.7. The minimum Gasteiger partial charge on any atom is -0.385 e. The van der Waals surface area contributed by atoms with E-state index in [1.54, 1.807) is 35.5 Å². The fourth-order valence-electron chi connectivity index (χ4n) is 5.00. The third-order valence-electron chi connectivity index (χ3n) is 6.86. The average Bonchev–Trinajstić information content (AvgIpc) is 3.41. The first-order valence-electron chi connectivity index (χ1n) is 12.4. The van der Waals surface area contributed by atoms with Crippen molar-refractivity contribution >= 4 is 33.9 Å². The van der Waals surface area contributed by atoms with Gasteiger partial charge in [0.1, 0.15) is 12.4 Å². The molecule has 7 heteroatoms. The fourth-order valence-corrected chi connectivity index (χ4v) is 5.90. The van der Waals surface area contributed by atoms with Crippen LogP contribution in [0.5, 0.6) is 0 Å². The molecule has 2 heterocycles. The minimum absolute atomic E-state index is 0.0352. The monoisotopic (exact) mass is 516 g/mol. The predicted molar refractivity (Wildman–Crippen MR) is 144 cm³/mol. The first-order valence-corrected chi connectivity index (χ1v) is 13.3. The number of amides is 2. The van der Waals surface area contributed by atoms with Gasteiger partial charge in [0, 0.05) is 37.2 Å². The van der Waals surface area contributed by atoms with Gasteiger partial charge in [-0.3, -0.25) is 9.59 Å². The predicted octanol–water partition coefficient (Wildman–Crippen LogP) is 5.69. The van der Waals surface area contributed by atoms with Crippen molar-refractivity contribution in [3.8, 4) is 0 Å². The number of carbonyl (C=O) groups excluding carboxylic acids is 2. The Morgan fingerprint density at radius 3 is 2.62 bits per heavy atom. The minimum atomic E-state index is -0.312. The third kappa shape index (κ3) is 5.43. The van der Waals surface area contributed by atoms with Crippen LogP contribution in [0.1, 0.15) is 38.8 Å². The highest BCUT2D eigenvalue weighted by Crippen LogP contribution is 2.38. The zero-order valence-corrected chi connectivity index (χ0v) is 21.5.